The molecule has 0 aromatic carbocycles. The number of rotatable bonds is 3. The number of thiazole rings is 1. The summed E-state index contributed by atoms with van der Waals surface area (Å²) in [5.74, 6) is -1.15. The first-order valence-corrected chi connectivity index (χ1v) is 9.28. The summed E-state index contributed by atoms with van der Waals surface area (Å²) in [5.41, 5.74) is 0.573. The topological polar surface area (TPSA) is 87.6 Å². The maximum Gasteiger partial charge on any atom is 0.326 e. The van der Waals surface area contributed by atoms with E-state index in [4.69, 9.17) is 0 Å². The molecule has 0 spiro atoms. The lowest BCUT2D eigenvalue weighted by Gasteiger charge is -2.31. The van der Waals surface area contributed by atoms with Gasteiger partial charge in [-0.05, 0) is 30.4 Å². The molecule has 1 aliphatic heterocycles. The van der Waals surface area contributed by atoms with Crippen LogP contribution in [-0.2, 0) is 21.2 Å². The Hall–Kier alpha value is -1.29. The van der Waals surface area contributed by atoms with Crippen molar-refractivity contribution in [3.63, 3.8) is 0 Å². The van der Waals surface area contributed by atoms with Crippen LogP contribution in [0.25, 0.3) is 0 Å². The number of sulfonamides is 1. The van der Waals surface area contributed by atoms with Crippen molar-refractivity contribution in [3.8, 4) is 0 Å². The Balaban J connectivity index is 2.08. The van der Waals surface area contributed by atoms with Gasteiger partial charge in [-0.25, -0.2) is 13.4 Å². The monoisotopic (exact) mass is 344 g/mol. The SMILES string of the molecule is Cc1ncc(S(=O)(=O)N2CCc3sccc3C2C(=O)O)s1. The average Bonchev–Trinajstić information content (AvgIpc) is 3.05. The molecule has 1 atom stereocenters. The van der Waals surface area contributed by atoms with Gasteiger partial charge >= 0.3 is 5.97 Å². The number of aryl methyl sites for hydroxylation is 1. The number of hydrogen-bond acceptors (Lipinski definition) is 6. The molecule has 2 aromatic heterocycles. The smallest absolute Gasteiger partial charge is 0.326 e. The van der Waals surface area contributed by atoms with E-state index >= 15 is 0 Å². The fraction of sp³-hybridized carbons (Fsp3) is 0.333. The molecule has 0 aliphatic carbocycles. The number of fused-ring (bicyclic) bond motifs is 1. The fourth-order valence-corrected chi connectivity index (χ4v) is 6.09. The lowest BCUT2D eigenvalue weighted by atomic mass is 10.0. The summed E-state index contributed by atoms with van der Waals surface area (Å²) >= 11 is 2.52. The summed E-state index contributed by atoms with van der Waals surface area (Å²) in [5, 5.41) is 11.9. The second kappa shape index (κ2) is 5.16. The van der Waals surface area contributed by atoms with Gasteiger partial charge in [0.25, 0.3) is 10.0 Å². The molecular formula is C12H12N2O4S3. The summed E-state index contributed by atoms with van der Waals surface area (Å²) in [4.78, 5) is 16.5. The van der Waals surface area contributed by atoms with Gasteiger partial charge < -0.3 is 5.11 Å². The second-order valence-corrected chi connectivity index (χ2v) is 8.96. The number of carbonyl (C=O) groups is 1. The third kappa shape index (κ3) is 2.39. The zero-order chi connectivity index (χ0) is 15.2. The lowest BCUT2D eigenvalue weighted by Crippen LogP contribution is -2.42. The van der Waals surface area contributed by atoms with Crippen molar-refractivity contribution in [2.45, 2.75) is 23.6 Å². The van der Waals surface area contributed by atoms with Crippen LogP contribution in [0.5, 0.6) is 0 Å². The third-order valence-corrected chi connectivity index (χ3v) is 7.53. The van der Waals surface area contributed by atoms with E-state index in [2.05, 4.69) is 4.98 Å². The highest BCUT2D eigenvalue weighted by molar-refractivity contribution is 7.91. The highest BCUT2D eigenvalue weighted by Crippen LogP contribution is 2.37. The minimum Gasteiger partial charge on any atom is -0.480 e. The van der Waals surface area contributed by atoms with Crippen LogP contribution in [0.2, 0.25) is 0 Å². The number of nitrogens with zero attached hydrogens (tertiary/aromatic N) is 2. The molecule has 9 heteroatoms. The van der Waals surface area contributed by atoms with Crippen LogP contribution in [0.3, 0.4) is 0 Å². The molecule has 3 rings (SSSR count). The normalized spacial score (nSPS) is 19.4. The first-order chi connectivity index (χ1) is 9.91. The van der Waals surface area contributed by atoms with Gasteiger partial charge in [-0.2, -0.15) is 4.31 Å². The van der Waals surface area contributed by atoms with E-state index < -0.39 is 22.0 Å². The number of aliphatic carboxylic acids is 1. The van der Waals surface area contributed by atoms with Gasteiger partial charge in [0.15, 0.2) is 4.21 Å². The maximum absolute atomic E-state index is 12.7. The Kier molecular flexibility index (Phi) is 3.60. The molecule has 1 N–H and O–H groups in total. The van der Waals surface area contributed by atoms with Gasteiger partial charge in [-0.3, -0.25) is 4.79 Å². The van der Waals surface area contributed by atoms with Crippen LogP contribution >= 0.6 is 22.7 Å². The van der Waals surface area contributed by atoms with E-state index in [-0.39, 0.29) is 10.8 Å². The van der Waals surface area contributed by atoms with E-state index in [0.29, 0.717) is 17.0 Å². The zero-order valence-corrected chi connectivity index (χ0v) is 13.5. The minimum atomic E-state index is -3.84. The standard InChI is InChI=1S/C12H12N2O4S3/c1-7-13-6-10(20-7)21(17,18)14-4-2-9-8(3-5-19-9)11(14)12(15)16/h3,5-6,11H,2,4H2,1H3,(H,15,16). The number of carboxylic acids is 1. The van der Waals surface area contributed by atoms with Gasteiger partial charge in [0.1, 0.15) is 6.04 Å². The Morgan fingerprint density at radius 2 is 2.29 bits per heavy atom. The van der Waals surface area contributed by atoms with Crippen molar-refractivity contribution in [2.24, 2.45) is 0 Å². The quantitative estimate of drug-likeness (QED) is 0.918. The van der Waals surface area contributed by atoms with Crippen LogP contribution < -0.4 is 0 Å². The van der Waals surface area contributed by atoms with E-state index in [0.717, 1.165) is 20.5 Å². The van der Waals surface area contributed by atoms with E-state index in [9.17, 15) is 18.3 Å². The fourth-order valence-electron chi connectivity index (χ4n) is 2.39. The summed E-state index contributed by atoms with van der Waals surface area (Å²) in [6.07, 6.45) is 1.82. The number of carboxylic acid groups (broad SMARTS) is 1. The first-order valence-electron chi connectivity index (χ1n) is 6.14. The van der Waals surface area contributed by atoms with Crippen molar-refractivity contribution >= 4 is 38.7 Å². The van der Waals surface area contributed by atoms with Crippen molar-refractivity contribution in [3.05, 3.63) is 33.1 Å². The highest BCUT2D eigenvalue weighted by Gasteiger charge is 2.41. The summed E-state index contributed by atoms with van der Waals surface area (Å²) < 4.78 is 26.5. The molecule has 3 heterocycles. The van der Waals surface area contributed by atoms with Gasteiger partial charge in [0, 0.05) is 11.4 Å². The predicted molar refractivity (Wildman–Crippen MR) is 79.1 cm³/mol. The zero-order valence-electron chi connectivity index (χ0n) is 11.0. The molecule has 0 saturated carbocycles. The van der Waals surface area contributed by atoms with E-state index in [1.807, 2.05) is 0 Å². The summed E-state index contributed by atoms with van der Waals surface area (Å²) in [6.45, 7) is 1.88. The van der Waals surface area contributed by atoms with Crippen molar-refractivity contribution in [2.75, 3.05) is 6.54 Å². The summed E-state index contributed by atoms with van der Waals surface area (Å²) in [7, 11) is -3.84. The molecule has 0 radical (unpaired) electrons. The van der Waals surface area contributed by atoms with Crippen molar-refractivity contribution < 1.29 is 18.3 Å². The summed E-state index contributed by atoms with van der Waals surface area (Å²) in [6, 6.07) is 0.533. The van der Waals surface area contributed by atoms with Gasteiger partial charge in [0.2, 0.25) is 0 Å². The molecular weight excluding hydrogens is 332 g/mol. The number of hydrogen-bond donors (Lipinski definition) is 1. The molecule has 21 heavy (non-hydrogen) atoms. The largest absolute Gasteiger partial charge is 0.480 e. The Morgan fingerprint density at radius 3 is 2.90 bits per heavy atom. The molecule has 2 aromatic rings. The molecule has 0 amide bonds. The molecule has 1 unspecified atom stereocenters. The molecule has 1 aliphatic rings. The lowest BCUT2D eigenvalue weighted by molar-refractivity contribution is -0.142. The molecule has 112 valence electrons. The number of thiophene rings is 1. The van der Waals surface area contributed by atoms with Gasteiger partial charge in [0.05, 0.1) is 11.2 Å². The van der Waals surface area contributed by atoms with E-state index in [1.54, 1.807) is 18.4 Å². The Morgan fingerprint density at radius 1 is 1.52 bits per heavy atom. The second-order valence-electron chi connectivity index (χ2n) is 4.60. The van der Waals surface area contributed by atoms with Crippen LogP contribution in [0.4, 0.5) is 0 Å². The van der Waals surface area contributed by atoms with Crippen LogP contribution in [-0.4, -0.2) is 35.3 Å². The minimum absolute atomic E-state index is 0.0879. The van der Waals surface area contributed by atoms with E-state index in [1.165, 1.54) is 17.5 Å². The maximum atomic E-state index is 12.7. The molecule has 0 fully saturated rings. The van der Waals surface area contributed by atoms with Gasteiger partial charge in [-0.1, -0.05) is 0 Å². The van der Waals surface area contributed by atoms with Crippen LogP contribution in [0.15, 0.2) is 21.9 Å². The van der Waals surface area contributed by atoms with Crippen molar-refractivity contribution in [1.29, 1.82) is 0 Å². The van der Waals surface area contributed by atoms with Crippen LogP contribution in [0, 0.1) is 6.92 Å². The van der Waals surface area contributed by atoms with Gasteiger partial charge in [-0.15, -0.1) is 22.7 Å². The average molecular weight is 344 g/mol. The predicted octanol–water partition coefficient (Wildman–Crippen LogP) is 1.89. The molecule has 0 saturated heterocycles. The first kappa shape index (κ1) is 14.6. The molecule has 6 nitrogen and oxygen atoms in total. The third-order valence-electron chi connectivity index (χ3n) is 3.32. The van der Waals surface area contributed by atoms with Crippen LogP contribution in [0.1, 0.15) is 21.5 Å². The number of aromatic nitrogens is 1. The molecule has 0 bridgehead atoms. The Bertz CT molecular complexity index is 793. The Labute approximate surface area is 129 Å². The highest BCUT2D eigenvalue weighted by atomic mass is 32.2. The van der Waals surface area contributed by atoms with Crippen molar-refractivity contribution in [1.82, 2.24) is 9.29 Å².